The van der Waals surface area contributed by atoms with Crippen molar-refractivity contribution in [1.29, 1.82) is 0 Å². The number of anilines is 1. The molecular weight excluding hydrogens is 418 g/mol. The fourth-order valence-electron chi connectivity index (χ4n) is 3.30. The van der Waals surface area contributed by atoms with Gasteiger partial charge in [0.1, 0.15) is 5.82 Å². The van der Waals surface area contributed by atoms with Gasteiger partial charge in [0.15, 0.2) is 0 Å². The summed E-state index contributed by atoms with van der Waals surface area (Å²) < 4.78 is 4.56. The molecule has 0 radical (unpaired) electrons. The number of carbonyl (C=O) groups excluding carboxylic acids is 1. The highest BCUT2D eigenvalue weighted by Gasteiger charge is 2.15. The van der Waals surface area contributed by atoms with E-state index in [-0.39, 0.29) is 5.91 Å². The van der Waals surface area contributed by atoms with Gasteiger partial charge < -0.3 is 10.2 Å². The van der Waals surface area contributed by atoms with Gasteiger partial charge in [-0.05, 0) is 28.8 Å². The largest absolute Gasteiger partial charge is 0.352 e. The van der Waals surface area contributed by atoms with Gasteiger partial charge in [-0.2, -0.15) is 4.37 Å². The second-order valence-electron chi connectivity index (χ2n) is 7.44. The number of rotatable bonds is 10. The normalized spacial score (nSPS) is 10.6. The van der Waals surface area contributed by atoms with Crippen LogP contribution < -0.4 is 10.2 Å². The van der Waals surface area contributed by atoms with E-state index >= 15 is 0 Å². The Morgan fingerprint density at radius 2 is 1.56 bits per heavy atom. The first-order valence-electron chi connectivity index (χ1n) is 10.6. The Balaban J connectivity index is 1.40. The number of nitrogens with zero attached hydrogens (tertiary/aromatic N) is 4. The lowest BCUT2D eigenvalue weighted by atomic mass is 10.1. The summed E-state index contributed by atoms with van der Waals surface area (Å²) in [6.07, 6.45) is 4.53. The molecule has 32 heavy (non-hydrogen) atoms. The van der Waals surface area contributed by atoms with Crippen LogP contribution in [0.2, 0.25) is 0 Å². The predicted molar refractivity (Wildman–Crippen MR) is 127 cm³/mol. The van der Waals surface area contributed by atoms with E-state index in [1.54, 1.807) is 12.4 Å². The molecule has 0 atom stereocenters. The molecule has 4 rings (SSSR count). The molecule has 0 aliphatic heterocycles. The summed E-state index contributed by atoms with van der Waals surface area (Å²) in [6.45, 7) is 1.75. The van der Waals surface area contributed by atoms with Crippen LogP contribution in [0, 0.1) is 0 Å². The standard InChI is InChI=1S/C25H25N5OS/c31-24(27-18-21-11-14-26-15-12-21)13-16-30(19-22-9-5-2-6-10-22)25-28-23(29-32-25)17-20-7-3-1-4-8-20/h1-12,14-15H,13,16-19H2,(H,27,31). The molecule has 2 aromatic carbocycles. The van der Waals surface area contributed by atoms with E-state index in [0.717, 1.165) is 16.5 Å². The fourth-order valence-corrected chi connectivity index (χ4v) is 4.01. The maximum atomic E-state index is 12.5. The zero-order valence-corrected chi connectivity index (χ0v) is 18.5. The zero-order chi connectivity index (χ0) is 22.0. The molecule has 2 heterocycles. The number of hydrogen-bond acceptors (Lipinski definition) is 6. The molecule has 0 unspecified atom stereocenters. The molecule has 4 aromatic rings. The van der Waals surface area contributed by atoms with Crippen molar-refractivity contribution in [3.63, 3.8) is 0 Å². The van der Waals surface area contributed by atoms with E-state index < -0.39 is 0 Å². The Bertz CT molecular complexity index is 1100. The number of nitrogens with one attached hydrogen (secondary N) is 1. The van der Waals surface area contributed by atoms with Gasteiger partial charge in [0.2, 0.25) is 11.0 Å². The third kappa shape index (κ3) is 6.46. The maximum Gasteiger partial charge on any atom is 0.222 e. The van der Waals surface area contributed by atoms with Crippen molar-refractivity contribution < 1.29 is 4.79 Å². The first kappa shape index (κ1) is 21.6. The van der Waals surface area contributed by atoms with Crippen LogP contribution in [0.4, 0.5) is 5.13 Å². The van der Waals surface area contributed by atoms with E-state index in [1.807, 2.05) is 48.5 Å². The Morgan fingerprint density at radius 1 is 0.875 bits per heavy atom. The zero-order valence-electron chi connectivity index (χ0n) is 17.7. The van der Waals surface area contributed by atoms with E-state index in [1.165, 1.54) is 22.7 Å². The van der Waals surface area contributed by atoms with Crippen LogP contribution >= 0.6 is 11.5 Å². The molecule has 1 amide bonds. The number of hydrogen-bond donors (Lipinski definition) is 1. The number of amides is 1. The molecule has 162 valence electrons. The van der Waals surface area contributed by atoms with Crippen molar-refractivity contribution in [1.82, 2.24) is 19.7 Å². The second-order valence-corrected chi connectivity index (χ2v) is 8.18. The molecule has 2 aromatic heterocycles. The molecule has 7 heteroatoms. The Kier molecular flexibility index (Phi) is 7.55. The lowest BCUT2D eigenvalue weighted by Gasteiger charge is -2.21. The fraction of sp³-hybridized carbons (Fsp3) is 0.200. The van der Waals surface area contributed by atoms with Gasteiger partial charge in [-0.15, -0.1) is 0 Å². The van der Waals surface area contributed by atoms with Crippen LogP contribution in [0.5, 0.6) is 0 Å². The van der Waals surface area contributed by atoms with Crippen molar-refractivity contribution in [2.75, 3.05) is 11.4 Å². The highest BCUT2D eigenvalue weighted by atomic mass is 32.1. The smallest absolute Gasteiger partial charge is 0.222 e. The summed E-state index contributed by atoms with van der Waals surface area (Å²) in [7, 11) is 0. The number of pyridine rings is 1. The molecule has 0 aliphatic carbocycles. The SMILES string of the molecule is O=C(CCN(Cc1ccccc1)c1nc(Cc2ccccc2)ns1)NCc1ccncc1. The van der Waals surface area contributed by atoms with Gasteiger partial charge in [-0.1, -0.05) is 60.7 Å². The topological polar surface area (TPSA) is 71.0 Å². The van der Waals surface area contributed by atoms with Crippen LogP contribution in [-0.2, 0) is 24.3 Å². The summed E-state index contributed by atoms with van der Waals surface area (Å²) in [6, 6.07) is 24.2. The molecule has 1 N–H and O–H groups in total. The molecule has 6 nitrogen and oxygen atoms in total. The monoisotopic (exact) mass is 443 g/mol. The molecule has 0 spiro atoms. The van der Waals surface area contributed by atoms with Gasteiger partial charge in [0, 0.05) is 56.4 Å². The van der Waals surface area contributed by atoms with E-state index in [2.05, 4.69) is 43.8 Å². The van der Waals surface area contributed by atoms with Crippen molar-refractivity contribution in [2.24, 2.45) is 0 Å². The third-order valence-electron chi connectivity index (χ3n) is 5.00. The lowest BCUT2D eigenvalue weighted by molar-refractivity contribution is -0.121. The van der Waals surface area contributed by atoms with E-state index in [0.29, 0.717) is 32.5 Å². The van der Waals surface area contributed by atoms with Gasteiger partial charge in [-0.3, -0.25) is 9.78 Å². The van der Waals surface area contributed by atoms with Crippen LogP contribution in [0.3, 0.4) is 0 Å². The number of aromatic nitrogens is 3. The molecule has 0 fully saturated rings. The highest BCUT2D eigenvalue weighted by molar-refractivity contribution is 7.09. The minimum absolute atomic E-state index is 0.00824. The predicted octanol–water partition coefficient (Wildman–Crippen LogP) is 4.24. The quantitative estimate of drug-likeness (QED) is 0.397. The minimum atomic E-state index is 0.00824. The number of carbonyl (C=O) groups is 1. The van der Waals surface area contributed by atoms with Crippen LogP contribution in [0.1, 0.15) is 28.9 Å². The maximum absolute atomic E-state index is 12.5. The molecule has 0 bridgehead atoms. The van der Waals surface area contributed by atoms with E-state index in [4.69, 9.17) is 4.98 Å². The van der Waals surface area contributed by atoms with Crippen molar-refractivity contribution in [2.45, 2.75) is 25.9 Å². The molecule has 0 saturated carbocycles. The first-order valence-corrected chi connectivity index (χ1v) is 11.3. The first-order chi connectivity index (χ1) is 15.8. The number of benzene rings is 2. The molecular formula is C25H25N5OS. The molecule has 0 aliphatic rings. The van der Waals surface area contributed by atoms with Crippen molar-refractivity contribution in [3.8, 4) is 0 Å². The summed E-state index contributed by atoms with van der Waals surface area (Å²) in [5, 5.41) is 3.82. The summed E-state index contributed by atoms with van der Waals surface area (Å²) in [4.78, 5) is 23.4. The summed E-state index contributed by atoms with van der Waals surface area (Å²) >= 11 is 1.38. The Morgan fingerprint density at radius 3 is 2.28 bits per heavy atom. The van der Waals surface area contributed by atoms with Gasteiger partial charge >= 0.3 is 0 Å². The van der Waals surface area contributed by atoms with Gasteiger partial charge in [-0.25, -0.2) is 4.98 Å². The van der Waals surface area contributed by atoms with E-state index in [9.17, 15) is 4.79 Å². The van der Waals surface area contributed by atoms with Crippen molar-refractivity contribution in [3.05, 3.63) is 108 Å². The Hall–Kier alpha value is -3.58. The van der Waals surface area contributed by atoms with Gasteiger partial charge in [0.25, 0.3) is 0 Å². The van der Waals surface area contributed by atoms with Crippen molar-refractivity contribution >= 4 is 22.6 Å². The van der Waals surface area contributed by atoms with Crippen LogP contribution in [0.25, 0.3) is 0 Å². The van der Waals surface area contributed by atoms with Crippen LogP contribution in [0.15, 0.2) is 85.2 Å². The molecule has 0 saturated heterocycles. The third-order valence-corrected chi connectivity index (χ3v) is 5.81. The highest BCUT2D eigenvalue weighted by Crippen LogP contribution is 2.21. The average Bonchev–Trinajstić information content (AvgIpc) is 3.30. The second kappa shape index (κ2) is 11.2. The summed E-state index contributed by atoms with van der Waals surface area (Å²) in [5.74, 6) is 0.810. The summed E-state index contributed by atoms with van der Waals surface area (Å²) in [5.41, 5.74) is 3.38. The Labute approximate surface area is 192 Å². The van der Waals surface area contributed by atoms with Crippen LogP contribution in [-0.4, -0.2) is 26.8 Å². The van der Waals surface area contributed by atoms with Gasteiger partial charge in [0.05, 0.1) is 0 Å². The lowest BCUT2D eigenvalue weighted by Crippen LogP contribution is -2.30. The minimum Gasteiger partial charge on any atom is -0.352 e. The average molecular weight is 444 g/mol.